The quantitative estimate of drug-likeness (QED) is 0.513. The number of ether oxygens (including phenoxy) is 1. The zero-order chi connectivity index (χ0) is 7.38. The van der Waals surface area contributed by atoms with Gasteiger partial charge in [-0.05, 0) is 36.0 Å². The average Bonchev–Trinajstić information content (AvgIpc) is 2.64. The van der Waals surface area contributed by atoms with E-state index in [2.05, 4.69) is 0 Å². The van der Waals surface area contributed by atoms with Crippen LogP contribution in [0.25, 0.3) is 0 Å². The molecule has 5 fully saturated rings. The monoisotopic (exact) mass is 150 g/mol. The number of carbonyl (C=O) groups is 1. The van der Waals surface area contributed by atoms with Gasteiger partial charge in [-0.25, -0.2) is 0 Å². The highest BCUT2D eigenvalue weighted by molar-refractivity contribution is 5.87. The van der Waals surface area contributed by atoms with Crippen molar-refractivity contribution < 1.29 is 9.53 Å². The van der Waals surface area contributed by atoms with Gasteiger partial charge in [-0.1, -0.05) is 0 Å². The molecule has 2 bridgehead atoms. The topological polar surface area (TPSA) is 26.3 Å². The van der Waals surface area contributed by atoms with Crippen LogP contribution in [0.15, 0.2) is 0 Å². The Morgan fingerprint density at radius 3 is 2.73 bits per heavy atom. The number of hydrogen-bond donors (Lipinski definition) is 0. The van der Waals surface area contributed by atoms with E-state index >= 15 is 0 Å². The van der Waals surface area contributed by atoms with E-state index in [4.69, 9.17) is 4.74 Å². The van der Waals surface area contributed by atoms with Gasteiger partial charge in [0.15, 0.2) is 0 Å². The van der Waals surface area contributed by atoms with Crippen molar-refractivity contribution in [2.75, 3.05) is 7.11 Å². The first kappa shape index (κ1) is 5.18. The predicted octanol–water partition coefficient (Wildman–Crippen LogP) is 0.671. The fourth-order valence-electron chi connectivity index (χ4n) is 4.55. The Labute approximate surface area is 64.9 Å². The normalized spacial score (nSPS) is 71.5. The Bertz CT molecular complexity index is 264. The lowest BCUT2D eigenvalue weighted by Crippen LogP contribution is -2.29. The molecule has 2 nitrogen and oxygen atoms in total. The summed E-state index contributed by atoms with van der Waals surface area (Å²) in [5.41, 5.74) is 0.101. The number of hydrogen-bond acceptors (Lipinski definition) is 2. The minimum absolute atomic E-state index is 0.101. The Balaban J connectivity index is 1.82. The van der Waals surface area contributed by atoms with Crippen molar-refractivity contribution in [1.82, 2.24) is 0 Å². The molecular formula is C9H10O2. The number of esters is 1. The van der Waals surface area contributed by atoms with Crippen molar-refractivity contribution in [2.45, 2.75) is 6.42 Å². The molecule has 6 atom stereocenters. The second-order valence-electron chi connectivity index (χ2n) is 4.56. The van der Waals surface area contributed by atoms with Gasteiger partial charge in [0.2, 0.25) is 0 Å². The molecule has 5 aliphatic carbocycles. The summed E-state index contributed by atoms with van der Waals surface area (Å²) in [6, 6.07) is 0. The first-order valence-electron chi connectivity index (χ1n) is 4.42. The van der Waals surface area contributed by atoms with Crippen LogP contribution in [0, 0.1) is 35.0 Å². The average molecular weight is 150 g/mol. The number of carbonyl (C=O) groups excluding carboxylic acids is 1. The molecule has 5 aliphatic rings. The lowest BCUT2D eigenvalue weighted by molar-refractivity contribution is -0.151. The molecular weight excluding hydrogens is 140 g/mol. The summed E-state index contributed by atoms with van der Waals surface area (Å²) in [6.45, 7) is 0. The van der Waals surface area contributed by atoms with E-state index in [1.165, 1.54) is 13.5 Å². The molecule has 11 heavy (non-hydrogen) atoms. The summed E-state index contributed by atoms with van der Waals surface area (Å²) in [5.74, 6) is 4.35. The van der Waals surface area contributed by atoms with Crippen LogP contribution in [-0.2, 0) is 9.53 Å². The molecule has 2 heteroatoms. The Kier molecular flexibility index (Phi) is 0.493. The summed E-state index contributed by atoms with van der Waals surface area (Å²) < 4.78 is 4.85. The Morgan fingerprint density at radius 2 is 2.36 bits per heavy atom. The first-order valence-corrected chi connectivity index (χ1v) is 4.42. The van der Waals surface area contributed by atoms with Gasteiger partial charge in [0.25, 0.3) is 0 Å². The number of rotatable bonds is 1. The zero-order valence-corrected chi connectivity index (χ0v) is 6.41. The van der Waals surface area contributed by atoms with Crippen LogP contribution >= 0.6 is 0 Å². The predicted molar refractivity (Wildman–Crippen MR) is 36.5 cm³/mol. The molecule has 5 saturated carbocycles. The smallest absolute Gasteiger partial charge is 0.312 e. The summed E-state index contributed by atoms with van der Waals surface area (Å²) in [4.78, 5) is 11.4. The lowest BCUT2D eigenvalue weighted by Gasteiger charge is -2.21. The van der Waals surface area contributed by atoms with Crippen molar-refractivity contribution in [2.24, 2.45) is 35.0 Å². The van der Waals surface area contributed by atoms with Gasteiger partial charge in [-0.15, -0.1) is 0 Å². The SMILES string of the molecule is COC(=O)[C@@]12[C@@H]3[C@@H]4[C@H](C[C@H]31)[C@@H]42. The first-order chi connectivity index (χ1) is 5.33. The highest BCUT2D eigenvalue weighted by Crippen LogP contribution is 2.98. The zero-order valence-electron chi connectivity index (χ0n) is 6.41. The highest BCUT2D eigenvalue weighted by atomic mass is 16.5. The van der Waals surface area contributed by atoms with Gasteiger partial charge in [0.05, 0.1) is 12.5 Å². The maximum atomic E-state index is 11.4. The molecule has 0 saturated heterocycles. The van der Waals surface area contributed by atoms with Crippen molar-refractivity contribution in [3.8, 4) is 0 Å². The summed E-state index contributed by atoms with van der Waals surface area (Å²) in [5, 5.41) is 0. The lowest BCUT2D eigenvalue weighted by atomic mass is 9.85. The molecule has 0 aromatic rings. The molecule has 0 radical (unpaired) electrons. The molecule has 0 amide bonds. The van der Waals surface area contributed by atoms with Crippen LogP contribution < -0.4 is 0 Å². The summed E-state index contributed by atoms with van der Waals surface area (Å²) >= 11 is 0. The van der Waals surface area contributed by atoms with Crippen LogP contribution in [0.2, 0.25) is 0 Å². The van der Waals surface area contributed by atoms with E-state index in [0.717, 1.165) is 29.6 Å². The van der Waals surface area contributed by atoms with Gasteiger partial charge in [-0.3, -0.25) is 4.79 Å². The molecule has 0 heterocycles. The second-order valence-corrected chi connectivity index (χ2v) is 4.56. The standard InChI is InChI=1S/C9H10O2/c1-11-8(10)9-4-2-3-5(6(3)9)7(4)9/h3-7H,2H2,1H3/t3-,4+,5+,6-,7-,9-/m0/s1. The molecule has 0 spiro atoms. The van der Waals surface area contributed by atoms with Crippen LogP contribution in [0.4, 0.5) is 0 Å². The molecule has 58 valence electrons. The Morgan fingerprint density at radius 1 is 1.55 bits per heavy atom. The minimum Gasteiger partial charge on any atom is -0.469 e. The highest BCUT2D eigenvalue weighted by Gasteiger charge is 2.99. The van der Waals surface area contributed by atoms with Crippen LogP contribution in [0.5, 0.6) is 0 Å². The van der Waals surface area contributed by atoms with Crippen LogP contribution in [0.3, 0.4) is 0 Å². The van der Waals surface area contributed by atoms with Crippen LogP contribution in [0.1, 0.15) is 6.42 Å². The van der Waals surface area contributed by atoms with Crippen molar-refractivity contribution in [3.05, 3.63) is 0 Å². The van der Waals surface area contributed by atoms with Gasteiger partial charge in [0, 0.05) is 0 Å². The number of methoxy groups -OCH3 is 1. The van der Waals surface area contributed by atoms with Gasteiger partial charge < -0.3 is 4.74 Å². The Hall–Kier alpha value is -0.530. The molecule has 0 aromatic heterocycles. The van der Waals surface area contributed by atoms with Crippen molar-refractivity contribution in [3.63, 3.8) is 0 Å². The molecule has 0 N–H and O–H groups in total. The van der Waals surface area contributed by atoms with E-state index in [9.17, 15) is 4.79 Å². The largest absolute Gasteiger partial charge is 0.469 e. The third-order valence-corrected chi connectivity index (χ3v) is 4.75. The maximum Gasteiger partial charge on any atom is 0.312 e. The van der Waals surface area contributed by atoms with E-state index < -0.39 is 0 Å². The molecule has 0 aromatic carbocycles. The second kappa shape index (κ2) is 1.05. The van der Waals surface area contributed by atoms with E-state index in [-0.39, 0.29) is 11.4 Å². The third-order valence-electron chi connectivity index (χ3n) is 4.75. The molecule has 5 rings (SSSR count). The van der Waals surface area contributed by atoms with E-state index in [1.54, 1.807) is 0 Å². The molecule has 0 unspecified atom stereocenters. The minimum atomic E-state index is 0.101. The fraction of sp³-hybridized carbons (Fsp3) is 0.889. The van der Waals surface area contributed by atoms with Gasteiger partial charge in [-0.2, -0.15) is 0 Å². The van der Waals surface area contributed by atoms with Gasteiger partial charge >= 0.3 is 5.97 Å². The third kappa shape index (κ3) is 0.256. The van der Waals surface area contributed by atoms with E-state index in [0.29, 0.717) is 0 Å². The van der Waals surface area contributed by atoms with E-state index in [1.807, 2.05) is 0 Å². The van der Waals surface area contributed by atoms with Crippen LogP contribution in [-0.4, -0.2) is 13.1 Å². The summed E-state index contributed by atoms with van der Waals surface area (Å²) in [6.07, 6.45) is 1.34. The van der Waals surface area contributed by atoms with Crippen molar-refractivity contribution in [1.29, 1.82) is 0 Å². The maximum absolute atomic E-state index is 11.4. The van der Waals surface area contributed by atoms with Crippen molar-refractivity contribution >= 4 is 5.97 Å². The molecule has 0 aliphatic heterocycles. The van der Waals surface area contributed by atoms with Gasteiger partial charge in [0.1, 0.15) is 0 Å². The summed E-state index contributed by atoms with van der Waals surface area (Å²) in [7, 11) is 1.53. The fourth-order valence-corrected chi connectivity index (χ4v) is 4.55.